The van der Waals surface area contributed by atoms with Crippen LogP contribution in [0.1, 0.15) is 0 Å². The maximum Gasteiger partial charge on any atom is 0.0600 e. The number of aromatic nitrogens is 1. The second kappa shape index (κ2) is 2.65. The van der Waals surface area contributed by atoms with Crippen LogP contribution in [-0.2, 0) is 11.3 Å². The van der Waals surface area contributed by atoms with Crippen molar-refractivity contribution in [3.8, 4) is 0 Å². The van der Waals surface area contributed by atoms with E-state index in [9.17, 15) is 8.76 Å². The molecule has 1 aromatic rings. The summed E-state index contributed by atoms with van der Waals surface area (Å²) in [6, 6.07) is 3.44. The number of rotatable bonds is 2. The highest BCUT2D eigenvalue weighted by Crippen LogP contribution is 1.84. The monoisotopic (exact) mass is 145 g/mol. The first-order valence-electron chi connectivity index (χ1n) is 2.28. The van der Waals surface area contributed by atoms with Crippen LogP contribution in [-0.4, -0.2) is 13.4 Å². The average molecular weight is 145 g/mol. The predicted octanol–water partition coefficient (Wildman–Crippen LogP) is -0.174. The third-order valence-electron chi connectivity index (χ3n) is 0.784. The van der Waals surface area contributed by atoms with E-state index in [0.717, 1.165) is 0 Å². The topological polar surface area (TPSA) is 57.1 Å². The summed E-state index contributed by atoms with van der Waals surface area (Å²) in [5.74, 6) is 0. The number of hydrogen-bond donors (Lipinski definition) is 1. The van der Waals surface area contributed by atoms with E-state index in [0.29, 0.717) is 0 Å². The molecule has 50 valence electrons. The Bertz CT molecular complexity index is 196. The van der Waals surface area contributed by atoms with E-state index < -0.39 is 11.3 Å². The van der Waals surface area contributed by atoms with Crippen molar-refractivity contribution >= 4 is 11.3 Å². The molecular formula is C4H5N2O2S-. The molecule has 1 atom stereocenters. The molecule has 0 spiro atoms. The predicted molar refractivity (Wildman–Crippen MR) is 32.7 cm³/mol. The molecule has 1 N–H and O–H groups in total. The molecule has 1 aromatic heterocycles. The molecule has 0 aliphatic carbocycles. The first-order chi connectivity index (χ1) is 4.29. The minimum absolute atomic E-state index is 1.34. The molecule has 0 aliphatic heterocycles. The molecule has 0 saturated heterocycles. The van der Waals surface area contributed by atoms with E-state index in [1.54, 1.807) is 24.5 Å². The summed E-state index contributed by atoms with van der Waals surface area (Å²) in [7, 11) is 0. The van der Waals surface area contributed by atoms with Crippen molar-refractivity contribution in [1.82, 2.24) is 4.68 Å². The third-order valence-corrected chi connectivity index (χ3v) is 1.14. The van der Waals surface area contributed by atoms with Crippen molar-refractivity contribution in [2.45, 2.75) is 0 Å². The van der Waals surface area contributed by atoms with Crippen LogP contribution in [0.5, 0.6) is 0 Å². The highest BCUT2D eigenvalue weighted by Gasteiger charge is 1.80. The molecule has 0 radical (unpaired) electrons. The van der Waals surface area contributed by atoms with Crippen LogP contribution < -0.4 is 4.83 Å². The van der Waals surface area contributed by atoms with E-state index >= 15 is 0 Å². The Morgan fingerprint density at radius 2 is 2.00 bits per heavy atom. The second-order valence-electron chi connectivity index (χ2n) is 1.42. The van der Waals surface area contributed by atoms with Crippen molar-refractivity contribution in [3.05, 3.63) is 24.5 Å². The molecule has 0 amide bonds. The van der Waals surface area contributed by atoms with Gasteiger partial charge in [0.15, 0.2) is 0 Å². The normalized spacial score (nSPS) is 13.0. The summed E-state index contributed by atoms with van der Waals surface area (Å²) in [6.45, 7) is 0. The molecule has 4 nitrogen and oxygen atoms in total. The molecule has 0 aromatic carbocycles. The van der Waals surface area contributed by atoms with Gasteiger partial charge in [-0.1, -0.05) is 0 Å². The minimum atomic E-state index is -2.23. The third kappa shape index (κ3) is 1.87. The molecule has 0 saturated carbocycles. The first-order valence-corrected chi connectivity index (χ1v) is 3.35. The molecule has 0 aliphatic rings. The fourth-order valence-corrected chi connectivity index (χ4v) is 0.775. The van der Waals surface area contributed by atoms with E-state index in [1.165, 1.54) is 4.68 Å². The van der Waals surface area contributed by atoms with Crippen LogP contribution >= 0.6 is 0 Å². The van der Waals surface area contributed by atoms with Gasteiger partial charge in [0, 0.05) is 12.4 Å². The van der Waals surface area contributed by atoms with Gasteiger partial charge in [0.1, 0.15) is 0 Å². The molecule has 0 bridgehead atoms. The number of hydrogen-bond acceptors (Lipinski definition) is 2. The highest BCUT2D eigenvalue weighted by molar-refractivity contribution is 7.80. The van der Waals surface area contributed by atoms with Crippen molar-refractivity contribution in [2.24, 2.45) is 0 Å². The Morgan fingerprint density at radius 3 is 2.44 bits per heavy atom. The smallest absolute Gasteiger partial charge is 0.0600 e. The lowest BCUT2D eigenvalue weighted by Gasteiger charge is -2.07. The SMILES string of the molecule is O=S([O-])Nn1cccc1. The van der Waals surface area contributed by atoms with Crippen LogP contribution in [0.15, 0.2) is 24.5 Å². The van der Waals surface area contributed by atoms with Gasteiger partial charge in [-0.2, -0.15) is 0 Å². The van der Waals surface area contributed by atoms with Crippen LogP contribution in [0, 0.1) is 0 Å². The van der Waals surface area contributed by atoms with Crippen LogP contribution in [0.4, 0.5) is 0 Å². The summed E-state index contributed by atoms with van der Waals surface area (Å²) in [5, 5.41) is 0. The van der Waals surface area contributed by atoms with Gasteiger partial charge in [0.25, 0.3) is 0 Å². The van der Waals surface area contributed by atoms with Crippen molar-refractivity contribution < 1.29 is 8.76 Å². The fraction of sp³-hybridized carbons (Fsp3) is 0. The molecular weight excluding hydrogens is 140 g/mol. The molecule has 1 unspecified atom stereocenters. The summed E-state index contributed by atoms with van der Waals surface area (Å²) in [6.07, 6.45) is 3.19. The zero-order valence-electron chi connectivity index (χ0n) is 4.48. The molecule has 1 heterocycles. The van der Waals surface area contributed by atoms with Gasteiger partial charge in [-0.25, -0.2) is 0 Å². The van der Waals surface area contributed by atoms with Gasteiger partial charge in [-0.3, -0.25) is 13.7 Å². The standard InChI is InChI=1S/C4H6N2O2S/c7-9(8)5-6-3-1-2-4-6/h1-5H,(H,7,8)/p-1. The second-order valence-corrected chi connectivity index (χ2v) is 2.07. The maximum absolute atomic E-state index is 9.93. The summed E-state index contributed by atoms with van der Waals surface area (Å²) in [5.41, 5.74) is 0. The maximum atomic E-state index is 9.93. The molecule has 5 heteroatoms. The van der Waals surface area contributed by atoms with Crippen molar-refractivity contribution in [3.63, 3.8) is 0 Å². The van der Waals surface area contributed by atoms with Crippen LogP contribution in [0.2, 0.25) is 0 Å². The quantitative estimate of drug-likeness (QED) is 0.587. The Balaban J connectivity index is 2.58. The average Bonchev–Trinajstić information content (AvgIpc) is 2.15. The van der Waals surface area contributed by atoms with Gasteiger partial charge in [-0.15, -0.1) is 0 Å². The Hall–Kier alpha value is -0.810. The van der Waals surface area contributed by atoms with Crippen molar-refractivity contribution in [1.29, 1.82) is 0 Å². The van der Waals surface area contributed by atoms with Gasteiger partial charge in [-0.05, 0) is 12.1 Å². The number of nitrogens with one attached hydrogen (secondary N) is 1. The van der Waals surface area contributed by atoms with Gasteiger partial charge < -0.3 is 4.55 Å². The number of nitrogens with zero attached hydrogens (tertiary/aromatic N) is 1. The lowest BCUT2D eigenvalue weighted by Crippen LogP contribution is -2.14. The van der Waals surface area contributed by atoms with Gasteiger partial charge in [0.05, 0.1) is 11.3 Å². The Kier molecular flexibility index (Phi) is 1.86. The molecule has 0 fully saturated rings. The Morgan fingerprint density at radius 1 is 1.44 bits per heavy atom. The summed E-state index contributed by atoms with van der Waals surface area (Å²) >= 11 is -2.23. The lowest BCUT2D eigenvalue weighted by atomic mass is 10.7. The summed E-state index contributed by atoms with van der Waals surface area (Å²) < 4.78 is 21.2. The largest absolute Gasteiger partial charge is 0.754 e. The van der Waals surface area contributed by atoms with Crippen LogP contribution in [0.25, 0.3) is 0 Å². The highest BCUT2D eigenvalue weighted by atomic mass is 32.2. The molecule has 9 heavy (non-hydrogen) atoms. The van der Waals surface area contributed by atoms with E-state index in [4.69, 9.17) is 0 Å². The lowest BCUT2D eigenvalue weighted by molar-refractivity contribution is 0.537. The first kappa shape index (κ1) is 6.31. The van der Waals surface area contributed by atoms with Crippen molar-refractivity contribution in [2.75, 3.05) is 4.83 Å². The van der Waals surface area contributed by atoms with Gasteiger partial charge in [0.2, 0.25) is 0 Å². The van der Waals surface area contributed by atoms with E-state index in [2.05, 4.69) is 4.83 Å². The summed E-state index contributed by atoms with van der Waals surface area (Å²) in [4.78, 5) is 2.12. The molecule has 1 rings (SSSR count). The van der Waals surface area contributed by atoms with E-state index in [-0.39, 0.29) is 0 Å². The zero-order chi connectivity index (χ0) is 6.69. The van der Waals surface area contributed by atoms with E-state index in [1.807, 2.05) is 0 Å². The van der Waals surface area contributed by atoms with Crippen LogP contribution in [0.3, 0.4) is 0 Å². The fourth-order valence-electron chi connectivity index (χ4n) is 0.481. The zero-order valence-corrected chi connectivity index (χ0v) is 5.30. The van der Waals surface area contributed by atoms with Gasteiger partial charge >= 0.3 is 0 Å². The minimum Gasteiger partial charge on any atom is -0.754 e. The Labute approximate surface area is 54.9 Å².